The third kappa shape index (κ3) is 3.23. The first-order chi connectivity index (χ1) is 7.25. The van der Waals surface area contributed by atoms with Gasteiger partial charge in [-0.3, -0.25) is 0 Å². The van der Waals surface area contributed by atoms with Gasteiger partial charge in [0.2, 0.25) is 0 Å². The molecule has 2 unspecified atom stereocenters. The molecule has 1 saturated heterocycles. The molecule has 1 aliphatic rings. The van der Waals surface area contributed by atoms with Crippen LogP contribution in [0.4, 0.5) is 0 Å². The number of thioether (sulfide) groups is 1. The van der Waals surface area contributed by atoms with Crippen LogP contribution in [0.3, 0.4) is 0 Å². The lowest BCUT2D eigenvalue weighted by atomic mass is 10.2. The number of hydrogen-bond acceptors (Lipinski definition) is 2. The molecule has 0 radical (unpaired) electrons. The van der Waals surface area contributed by atoms with E-state index in [9.17, 15) is 0 Å². The standard InChI is InChI=1S/C12H15BrOS/c1-9-12(6-7-14-9)15-8-10-2-4-11(13)5-3-10/h2-5,9,12H,6-8H2,1H3. The lowest BCUT2D eigenvalue weighted by Gasteiger charge is -2.13. The lowest BCUT2D eigenvalue weighted by Crippen LogP contribution is -2.13. The van der Waals surface area contributed by atoms with Crippen LogP contribution in [0.25, 0.3) is 0 Å². The molecule has 0 N–H and O–H groups in total. The average molecular weight is 287 g/mol. The van der Waals surface area contributed by atoms with E-state index in [1.807, 2.05) is 11.8 Å². The topological polar surface area (TPSA) is 9.23 Å². The minimum Gasteiger partial charge on any atom is -0.377 e. The Kier molecular flexibility index (Phi) is 4.12. The molecule has 0 amide bonds. The molecule has 1 fully saturated rings. The summed E-state index contributed by atoms with van der Waals surface area (Å²) in [7, 11) is 0. The van der Waals surface area contributed by atoms with Crippen molar-refractivity contribution in [3.8, 4) is 0 Å². The van der Waals surface area contributed by atoms with Gasteiger partial charge >= 0.3 is 0 Å². The smallest absolute Gasteiger partial charge is 0.0666 e. The fourth-order valence-corrected chi connectivity index (χ4v) is 3.19. The normalized spacial score (nSPS) is 25.7. The van der Waals surface area contributed by atoms with Crippen LogP contribution >= 0.6 is 27.7 Å². The molecule has 1 aromatic rings. The summed E-state index contributed by atoms with van der Waals surface area (Å²) in [6.45, 7) is 3.10. The molecule has 0 spiro atoms. The minimum atomic E-state index is 0.422. The highest BCUT2D eigenvalue weighted by molar-refractivity contribution is 9.10. The Morgan fingerprint density at radius 1 is 1.40 bits per heavy atom. The number of rotatable bonds is 3. The predicted molar refractivity (Wildman–Crippen MR) is 69.3 cm³/mol. The zero-order valence-corrected chi connectivity index (χ0v) is 11.2. The van der Waals surface area contributed by atoms with E-state index >= 15 is 0 Å². The van der Waals surface area contributed by atoms with E-state index in [1.54, 1.807) is 0 Å². The van der Waals surface area contributed by atoms with E-state index < -0.39 is 0 Å². The summed E-state index contributed by atoms with van der Waals surface area (Å²) in [6.07, 6.45) is 1.62. The number of benzene rings is 1. The van der Waals surface area contributed by atoms with Crippen LogP contribution in [0.5, 0.6) is 0 Å². The molecule has 0 bridgehead atoms. The average Bonchev–Trinajstić information content (AvgIpc) is 2.63. The van der Waals surface area contributed by atoms with Crippen molar-refractivity contribution in [2.24, 2.45) is 0 Å². The van der Waals surface area contributed by atoms with Gasteiger partial charge in [-0.05, 0) is 31.0 Å². The van der Waals surface area contributed by atoms with Crippen LogP contribution in [-0.2, 0) is 10.5 Å². The maximum atomic E-state index is 5.54. The van der Waals surface area contributed by atoms with E-state index in [-0.39, 0.29) is 0 Å². The fraction of sp³-hybridized carbons (Fsp3) is 0.500. The van der Waals surface area contributed by atoms with E-state index in [4.69, 9.17) is 4.74 Å². The van der Waals surface area contributed by atoms with Crippen molar-refractivity contribution >= 4 is 27.7 Å². The van der Waals surface area contributed by atoms with Crippen molar-refractivity contribution < 1.29 is 4.74 Å². The minimum absolute atomic E-state index is 0.422. The Morgan fingerprint density at radius 3 is 2.73 bits per heavy atom. The van der Waals surface area contributed by atoms with Crippen LogP contribution in [0, 0.1) is 0 Å². The molecule has 0 aliphatic carbocycles. The molecule has 0 aromatic heterocycles. The zero-order chi connectivity index (χ0) is 10.7. The second-order valence-electron chi connectivity index (χ2n) is 3.84. The van der Waals surface area contributed by atoms with Gasteiger partial charge in [0.25, 0.3) is 0 Å². The van der Waals surface area contributed by atoms with Crippen LogP contribution in [0.15, 0.2) is 28.7 Å². The molecule has 1 aromatic carbocycles. The van der Waals surface area contributed by atoms with Crippen LogP contribution in [0.2, 0.25) is 0 Å². The van der Waals surface area contributed by atoms with Crippen molar-refractivity contribution in [3.63, 3.8) is 0 Å². The van der Waals surface area contributed by atoms with Gasteiger partial charge in [0.1, 0.15) is 0 Å². The molecule has 1 nitrogen and oxygen atoms in total. The van der Waals surface area contributed by atoms with Gasteiger partial charge in [-0.2, -0.15) is 11.8 Å². The summed E-state index contributed by atoms with van der Waals surface area (Å²) in [5, 5.41) is 0.675. The molecule has 1 aliphatic heterocycles. The van der Waals surface area contributed by atoms with Gasteiger partial charge in [0.05, 0.1) is 6.10 Å². The highest BCUT2D eigenvalue weighted by atomic mass is 79.9. The Hall–Kier alpha value is 0.01000. The van der Waals surface area contributed by atoms with Crippen molar-refractivity contribution in [3.05, 3.63) is 34.3 Å². The van der Waals surface area contributed by atoms with Crippen LogP contribution < -0.4 is 0 Å². The first-order valence-corrected chi connectivity index (χ1v) is 7.07. The molecule has 82 valence electrons. The van der Waals surface area contributed by atoms with Crippen molar-refractivity contribution in [2.75, 3.05) is 6.61 Å². The third-order valence-electron chi connectivity index (χ3n) is 2.68. The highest BCUT2D eigenvalue weighted by Gasteiger charge is 2.24. The summed E-state index contributed by atoms with van der Waals surface area (Å²) in [5.74, 6) is 1.09. The maximum absolute atomic E-state index is 5.54. The zero-order valence-electron chi connectivity index (χ0n) is 8.78. The molecule has 2 atom stereocenters. The summed E-state index contributed by atoms with van der Waals surface area (Å²) in [5.41, 5.74) is 1.39. The van der Waals surface area contributed by atoms with E-state index in [0.29, 0.717) is 11.4 Å². The quantitative estimate of drug-likeness (QED) is 0.835. The molecular weight excluding hydrogens is 272 g/mol. The van der Waals surface area contributed by atoms with E-state index in [2.05, 4.69) is 47.1 Å². The van der Waals surface area contributed by atoms with Gasteiger partial charge < -0.3 is 4.74 Å². The van der Waals surface area contributed by atoms with Crippen molar-refractivity contribution in [1.82, 2.24) is 0 Å². The Balaban J connectivity index is 1.85. The Morgan fingerprint density at radius 2 is 2.13 bits per heavy atom. The van der Waals surface area contributed by atoms with Gasteiger partial charge in [0.15, 0.2) is 0 Å². The predicted octanol–water partition coefficient (Wildman–Crippen LogP) is 3.86. The summed E-state index contributed by atoms with van der Waals surface area (Å²) in [4.78, 5) is 0. The first kappa shape index (κ1) is 11.5. The van der Waals surface area contributed by atoms with Crippen LogP contribution in [0.1, 0.15) is 18.9 Å². The number of ether oxygens (including phenoxy) is 1. The molecule has 0 saturated carbocycles. The molecule has 2 rings (SSSR count). The monoisotopic (exact) mass is 286 g/mol. The summed E-state index contributed by atoms with van der Waals surface area (Å²) >= 11 is 5.46. The molecule has 15 heavy (non-hydrogen) atoms. The Bertz CT molecular complexity index is 312. The number of hydrogen-bond donors (Lipinski definition) is 0. The fourth-order valence-electron chi connectivity index (χ4n) is 1.71. The largest absolute Gasteiger partial charge is 0.377 e. The van der Waals surface area contributed by atoms with E-state index in [0.717, 1.165) is 16.8 Å². The second kappa shape index (κ2) is 5.37. The van der Waals surface area contributed by atoms with Gasteiger partial charge in [-0.25, -0.2) is 0 Å². The molecule has 3 heteroatoms. The maximum Gasteiger partial charge on any atom is 0.0666 e. The molecular formula is C12H15BrOS. The van der Waals surface area contributed by atoms with Crippen LogP contribution in [-0.4, -0.2) is 18.0 Å². The Labute approximate surface area is 104 Å². The van der Waals surface area contributed by atoms with Gasteiger partial charge in [-0.15, -0.1) is 0 Å². The molecule has 1 heterocycles. The lowest BCUT2D eigenvalue weighted by molar-refractivity contribution is 0.127. The van der Waals surface area contributed by atoms with Crippen molar-refractivity contribution in [2.45, 2.75) is 30.5 Å². The second-order valence-corrected chi connectivity index (χ2v) is 5.98. The summed E-state index contributed by atoms with van der Waals surface area (Å²) < 4.78 is 6.69. The SMILES string of the molecule is CC1OCCC1SCc1ccc(Br)cc1. The summed E-state index contributed by atoms with van der Waals surface area (Å²) in [6, 6.07) is 8.56. The van der Waals surface area contributed by atoms with E-state index in [1.165, 1.54) is 12.0 Å². The first-order valence-electron chi connectivity index (χ1n) is 5.23. The van der Waals surface area contributed by atoms with Crippen molar-refractivity contribution in [1.29, 1.82) is 0 Å². The third-order valence-corrected chi connectivity index (χ3v) is 4.76. The van der Waals surface area contributed by atoms with Gasteiger partial charge in [-0.1, -0.05) is 28.1 Å². The number of halogens is 1. The highest BCUT2D eigenvalue weighted by Crippen LogP contribution is 2.29. The van der Waals surface area contributed by atoms with Gasteiger partial charge in [0, 0.05) is 22.1 Å².